The first kappa shape index (κ1) is 9.71. The Balaban J connectivity index is 2.39. The van der Waals surface area contributed by atoms with Crippen molar-refractivity contribution in [2.24, 2.45) is 0 Å². The van der Waals surface area contributed by atoms with Crippen LogP contribution in [0.4, 0.5) is 10.5 Å². The maximum atomic E-state index is 11.7. The molecule has 1 aliphatic heterocycles. The molecule has 0 unspecified atom stereocenters. The van der Waals surface area contributed by atoms with Gasteiger partial charge in [-0.05, 0) is 24.6 Å². The number of hydrogen-bond acceptors (Lipinski definition) is 2. The predicted octanol–water partition coefficient (Wildman–Crippen LogP) is 1.84. The van der Waals surface area contributed by atoms with Gasteiger partial charge in [0.15, 0.2) is 0 Å². The zero-order chi connectivity index (χ0) is 11.0. The quantitative estimate of drug-likeness (QED) is 0.743. The van der Waals surface area contributed by atoms with Gasteiger partial charge < -0.3 is 4.90 Å². The molecule has 1 aliphatic rings. The van der Waals surface area contributed by atoms with Crippen molar-refractivity contribution in [1.29, 1.82) is 5.41 Å². The predicted molar refractivity (Wildman–Crippen MR) is 59.4 cm³/mol. The maximum Gasteiger partial charge on any atom is 0.330 e. The van der Waals surface area contributed by atoms with Crippen molar-refractivity contribution in [2.45, 2.75) is 6.92 Å². The van der Waals surface area contributed by atoms with E-state index in [0.717, 1.165) is 11.3 Å². The number of benzene rings is 1. The van der Waals surface area contributed by atoms with Gasteiger partial charge in [-0.25, -0.2) is 9.69 Å². The lowest BCUT2D eigenvalue weighted by molar-refractivity contribution is 0.229. The van der Waals surface area contributed by atoms with E-state index in [9.17, 15) is 4.79 Å². The summed E-state index contributed by atoms with van der Waals surface area (Å²) in [5.74, 6) is 0.327. The minimum absolute atomic E-state index is 0.134. The number of urea groups is 1. The first-order valence-electron chi connectivity index (χ1n) is 4.79. The summed E-state index contributed by atoms with van der Waals surface area (Å²) < 4.78 is 0. The first-order valence-corrected chi connectivity index (χ1v) is 4.79. The Hall–Kier alpha value is -1.84. The second-order valence-electron chi connectivity index (χ2n) is 3.76. The summed E-state index contributed by atoms with van der Waals surface area (Å²) in [6, 6.07) is 7.48. The van der Waals surface area contributed by atoms with E-state index < -0.39 is 0 Å². The van der Waals surface area contributed by atoms with Crippen LogP contribution in [-0.4, -0.2) is 30.4 Å². The Morgan fingerprint density at radius 2 is 2.13 bits per heavy atom. The number of nitrogens with one attached hydrogen (secondary N) is 1. The van der Waals surface area contributed by atoms with Gasteiger partial charge >= 0.3 is 6.03 Å². The van der Waals surface area contributed by atoms with Gasteiger partial charge in [-0.15, -0.1) is 0 Å². The summed E-state index contributed by atoms with van der Waals surface area (Å²) in [4.78, 5) is 14.7. The Bertz CT molecular complexity index is 428. The van der Waals surface area contributed by atoms with Gasteiger partial charge in [0.25, 0.3) is 0 Å². The smallest absolute Gasteiger partial charge is 0.320 e. The molecular formula is C11H13N3O. The third kappa shape index (κ3) is 1.58. The van der Waals surface area contributed by atoms with Gasteiger partial charge in [0.05, 0.1) is 12.2 Å². The van der Waals surface area contributed by atoms with Crippen molar-refractivity contribution in [3.05, 3.63) is 29.8 Å². The third-order valence-electron chi connectivity index (χ3n) is 2.43. The molecular weight excluding hydrogens is 190 g/mol. The SMILES string of the molecule is Cc1cccc(N2C(=N)CN(C)C2=O)c1. The number of rotatable bonds is 1. The van der Waals surface area contributed by atoms with E-state index in [1.165, 1.54) is 9.80 Å². The molecule has 0 radical (unpaired) electrons. The summed E-state index contributed by atoms with van der Waals surface area (Å²) in [5.41, 5.74) is 1.86. The molecule has 2 amide bonds. The van der Waals surface area contributed by atoms with Crippen molar-refractivity contribution < 1.29 is 4.79 Å². The third-order valence-corrected chi connectivity index (χ3v) is 2.43. The molecule has 4 nitrogen and oxygen atoms in total. The van der Waals surface area contributed by atoms with E-state index in [2.05, 4.69) is 0 Å². The number of amidine groups is 1. The van der Waals surface area contributed by atoms with Gasteiger partial charge in [-0.3, -0.25) is 5.41 Å². The lowest BCUT2D eigenvalue weighted by Gasteiger charge is -2.15. The standard InChI is InChI=1S/C11H13N3O/c1-8-4-3-5-9(6-8)14-10(12)7-13(2)11(14)15/h3-6,12H,7H2,1-2H3. The molecule has 0 aliphatic carbocycles. The van der Waals surface area contributed by atoms with Crippen LogP contribution in [0.2, 0.25) is 0 Å². The number of aryl methyl sites for hydroxylation is 1. The molecule has 78 valence electrons. The molecule has 0 aromatic heterocycles. The second-order valence-corrected chi connectivity index (χ2v) is 3.76. The Morgan fingerprint density at radius 3 is 2.67 bits per heavy atom. The fourth-order valence-corrected chi connectivity index (χ4v) is 1.68. The summed E-state index contributed by atoms with van der Waals surface area (Å²) in [6.45, 7) is 2.35. The van der Waals surface area contributed by atoms with Crippen LogP contribution < -0.4 is 4.90 Å². The van der Waals surface area contributed by atoms with E-state index in [0.29, 0.717) is 12.4 Å². The molecule has 1 saturated heterocycles. The minimum atomic E-state index is -0.134. The van der Waals surface area contributed by atoms with Crippen LogP contribution in [0.25, 0.3) is 0 Å². The van der Waals surface area contributed by atoms with E-state index in [1.807, 2.05) is 31.2 Å². The van der Waals surface area contributed by atoms with E-state index in [4.69, 9.17) is 5.41 Å². The molecule has 2 rings (SSSR count). The molecule has 1 fully saturated rings. The number of anilines is 1. The molecule has 15 heavy (non-hydrogen) atoms. The van der Waals surface area contributed by atoms with E-state index in [1.54, 1.807) is 7.05 Å². The summed E-state index contributed by atoms with van der Waals surface area (Å²) in [5, 5.41) is 7.74. The lowest BCUT2D eigenvalue weighted by atomic mass is 10.2. The van der Waals surface area contributed by atoms with Crippen molar-refractivity contribution in [3.63, 3.8) is 0 Å². The monoisotopic (exact) mass is 203 g/mol. The van der Waals surface area contributed by atoms with Crippen molar-refractivity contribution in [3.8, 4) is 0 Å². The molecule has 0 atom stereocenters. The van der Waals surface area contributed by atoms with Crippen molar-refractivity contribution in [1.82, 2.24) is 4.90 Å². The number of amides is 2. The Morgan fingerprint density at radius 1 is 1.40 bits per heavy atom. The number of carbonyl (C=O) groups excluding carboxylic acids is 1. The van der Waals surface area contributed by atoms with Crippen molar-refractivity contribution >= 4 is 17.6 Å². The van der Waals surface area contributed by atoms with Crippen LogP contribution in [0.3, 0.4) is 0 Å². The average molecular weight is 203 g/mol. The number of hydrogen-bond donors (Lipinski definition) is 1. The highest BCUT2D eigenvalue weighted by Gasteiger charge is 2.31. The largest absolute Gasteiger partial charge is 0.330 e. The first-order chi connectivity index (χ1) is 7.09. The summed E-state index contributed by atoms with van der Waals surface area (Å²) in [6.07, 6.45) is 0. The highest BCUT2D eigenvalue weighted by Crippen LogP contribution is 2.21. The fourth-order valence-electron chi connectivity index (χ4n) is 1.68. The van der Waals surface area contributed by atoms with Crippen LogP contribution >= 0.6 is 0 Å². The molecule has 0 spiro atoms. The van der Waals surface area contributed by atoms with Crippen LogP contribution in [0.15, 0.2) is 24.3 Å². The Labute approximate surface area is 88.6 Å². The zero-order valence-electron chi connectivity index (χ0n) is 8.82. The topological polar surface area (TPSA) is 47.4 Å². The van der Waals surface area contributed by atoms with Gasteiger partial charge in [0.1, 0.15) is 5.84 Å². The molecule has 0 bridgehead atoms. The molecule has 0 saturated carbocycles. The van der Waals surface area contributed by atoms with Crippen LogP contribution in [0, 0.1) is 12.3 Å². The van der Waals surface area contributed by atoms with Gasteiger partial charge in [0, 0.05) is 7.05 Å². The van der Waals surface area contributed by atoms with Crippen LogP contribution in [0.1, 0.15) is 5.56 Å². The number of carbonyl (C=O) groups is 1. The lowest BCUT2D eigenvalue weighted by Crippen LogP contribution is -2.31. The Kier molecular flexibility index (Phi) is 2.19. The van der Waals surface area contributed by atoms with E-state index >= 15 is 0 Å². The van der Waals surface area contributed by atoms with E-state index in [-0.39, 0.29) is 6.03 Å². The number of likely N-dealkylation sites (N-methyl/N-ethyl adjacent to an activating group) is 1. The number of nitrogens with zero attached hydrogens (tertiary/aromatic N) is 2. The van der Waals surface area contributed by atoms with Gasteiger partial charge in [0.2, 0.25) is 0 Å². The van der Waals surface area contributed by atoms with Crippen LogP contribution in [-0.2, 0) is 0 Å². The average Bonchev–Trinajstić information content (AvgIpc) is 2.41. The maximum absolute atomic E-state index is 11.7. The minimum Gasteiger partial charge on any atom is -0.320 e. The highest BCUT2D eigenvalue weighted by molar-refractivity contribution is 6.20. The summed E-state index contributed by atoms with van der Waals surface area (Å²) in [7, 11) is 1.70. The zero-order valence-corrected chi connectivity index (χ0v) is 8.82. The van der Waals surface area contributed by atoms with Crippen molar-refractivity contribution in [2.75, 3.05) is 18.5 Å². The molecule has 1 heterocycles. The second kappa shape index (κ2) is 3.38. The summed E-state index contributed by atoms with van der Waals surface area (Å²) >= 11 is 0. The fraction of sp³-hybridized carbons (Fsp3) is 0.273. The molecule has 4 heteroatoms. The normalized spacial score (nSPS) is 16.4. The van der Waals surface area contributed by atoms with Gasteiger partial charge in [-0.2, -0.15) is 0 Å². The highest BCUT2D eigenvalue weighted by atomic mass is 16.2. The van der Waals surface area contributed by atoms with Crippen LogP contribution in [0.5, 0.6) is 0 Å². The molecule has 1 N–H and O–H groups in total. The van der Waals surface area contributed by atoms with Gasteiger partial charge in [-0.1, -0.05) is 12.1 Å². The molecule has 1 aromatic rings. The molecule has 1 aromatic carbocycles.